The van der Waals surface area contributed by atoms with Gasteiger partial charge in [0.25, 0.3) is 0 Å². The third-order valence-electron chi connectivity index (χ3n) is 2.49. The van der Waals surface area contributed by atoms with Gasteiger partial charge >= 0.3 is 0 Å². The zero-order valence-electron chi connectivity index (χ0n) is 8.52. The van der Waals surface area contributed by atoms with E-state index in [2.05, 4.69) is 11.1 Å². The predicted molar refractivity (Wildman–Crippen MR) is 55.0 cm³/mol. The third-order valence-corrected chi connectivity index (χ3v) is 2.49. The largest absolute Gasteiger partial charge is 0.345 e. The van der Waals surface area contributed by atoms with Crippen molar-refractivity contribution in [3.63, 3.8) is 0 Å². The summed E-state index contributed by atoms with van der Waals surface area (Å²) >= 11 is 0. The van der Waals surface area contributed by atoms with E-state index in [1.54, 1.807) is 18.3 Å². The Bertz CT molecular complexity index is 456. The summed E-state index contributed by atoms with van der Waals surface area (Å²) in [5.41, 5.74) is 1.92. The van der Waals surface area contributed by atoms with E-state index >= 15 is 0 Å². The van der Waals surface area contributed by atoms with Crippen LogP contribution in [0.2, 0.25) is 0 Å². The van der Waals surface area contributed by atoms with E-state index in [1.807, 2.05) is 6.07 Å². The van der Waals surface area contributed by atoms with Crippen LogP contribution in [0.25, 0.3) is 0 Å². The van der Waals surface area contributed by atoms with Gasteiger partial charge in [-0.05, 0) is 12.1 Å². The average Bonchev–Trinajstić information content (AvgIpc) is 2.68. The number of rotatable bonds is 2. The van der Waals surface area contributed by atoms with Gasteiger partial charge in [0.05, 0.1) is 29.1 Å². The fourth-order valence-electron chi connectivity index (χ4n) is 1.72. The van der Waals surface area contributed by atoms with Crippen molar-refractivity contribution < 1.29 is 9.47 Å². The van der Waals surface area contributed by atoms with Crippen molar-refractivity contribution in [2.45, 2.75) is 5.79 Å². The van der Waals surface area contributed by atoms with Crippen molar-refractivity contribution in [2.24, 2.45) is 4.99 Å². The summed E-state index contributed by atoms with van der Waals surface area (Å²) in [6.45, 7) is 0. The number of ether oxygens (including phenoxy) is 2. The summed E-state index contributed by atoms with van der Waals surface area (Å²) < 4.78 is 10.6. The highest BCUT2D eigenvalue weighted by Crippen LogP contribution is 2.39. The quantitative estimate of drug-likeness (QED) is 0.686. The molecule has 1 aromatic rings. The molecule has 2 rings (SSSR count). The Morgan fingerprint density at radius 3 is 2.67 bits per heavy atom. The highest BCUT2D eigenvalue weighted by molar-refractivity contribution is 5.84. The fraction of sp³-hybridized carbons (Fsp3) is 0.273. The van der Waals surface area contributed by atoms with E-state index in [0.717, 1.165) is 5.69 Å². The van der Waals surface area contributed by atoms with Gasteiger partial charge in [-0.15, -0.1) is 0 Å². The molecule has 0 radical (unpaired) electrons. The predicted octanol–water partition coefficient (Wildman–Crippen LogP) is 1.72. The molecule has 0 aromatic heterocycles. The Balaban J connectivity index is 2.67. The maximum Gasteiger partial charge on any atom is 0.235 e. The van der Waals surface area contributed by atoms with Crippen LogP contribution >= 0.6 is 0 Å². The van der Waals surface area contributed by atoms with Crippen molar-refractivity contribution in [3.05, 3.63) is 29.3 Å². The Labute approximate surface area is 87.8 Å². The maximum atomic E-state index is 9.01. The number of nitrogens with zero attached hydrogens (tertiary/aromatic N) is 2. The number of nitriles is 1. The molecule has 0 bridgehead atoms. The first-order valence-electron chi connectivity index (χ1n) is 4.46. The van der Waals surface area contributed by atoms with E-state index in [-0.39, 0.29) is 0 Å². The standard InChI is InChI=1S/C11H10N2O2/c1-14-11(15-2)7-13-9-5-3-4-8(6-12)10(9)11/h3-5,7H,1-2H3. The van der Waals surface area contributed by atoms with Crippen molar-refractivity contribution in [1.29, 1.82) is 5.26 Å². The molecule has 1 heterocycles. The van der Waals surface area contributed by atoms with Crippen LogP contribution in [0.3, 0.4) is 0 Å². The normalized spacial score (nSPS) is 16.1. The van der Waals surface area contributed by atoms with Gasteiger partial charge in [0, 0.05) is 14.2 Å². The molecule has 1 aromatic carbocycles. The van der Waals surface area contributed by atoms with Crippen LogP contribution < -0.4 is 0 Å². The second kappa shape index (κ2) is 3.46. The van der Waals surface area contributed by atoms with Crippen LogP contribution in [0, 0.1) is 11.3 Å². The van der Waals surface area contributed by atoms with Crippen LogP contribution in [0.15, 0.2) is 23.2 Å². The molecule has 0 amide bonds. The minimum atomic E-state index is -1.01. The molecule has 4 heteroatoms. The lowest BCUT2D eigenvalue weighted by molar-refractivity contribution is -0.154. The second-order valence-electron chi connectivity index (χ2n) is 3.15. The monoisotopic (exact) mass is 202 g/mol. The molecule has 0 fully saturated rings. The zero-order chi connectivity index (χ0) is 10.9. The number of aliphatic imine (C=N–C) groups is 1. The number of hydrogen-bond donors (Lipinski definition) is 0. The van der Waals surface area contributed by atoms with Gasteiger partial charge in [0.15, 0.2) is 0 Å². The smallest absolute Gasteiger partial charge is 0.235 e. The minimum Gasteiger partial charge on any atom is -0.345 e. The molecule has 76 valence electrons. The topological polar surface area (TPSA) is 54.6 Å². The first kappa shape index (κ1) is 9.84. The lowest BCUT2D eigenvalue weighted by Gasteiger charge is -2.24. The molecular weight excluding hydrogens is 192 g/mol. The fourth-order valence-corrected chi connectivity index (χ4v) is 1.72. The maximum absolute atomic E-state index is 9.01. The van der Waals surface area contributed by atoms with Crippen LogP contribution in [-0.2, 0) is 15.3 Å². The lowest BCUT2D eigenvalue weighted by Crippen LogP contribution is -2.31. The molecule has 4 nitrogen and oxygen atoms in total. The molecule has 0 saturated heterocycles. The molecule has 0 N–H and O–H groups in total. The van der Waals surface area contributed by atoms with Crippen LogP contribution in [0.1, 0.15) is 11.1 Å². The van der Waals surface area contributed by atoms with Crippen LogP contribution in [-0.4, -0.2) is 20.4 Å². The van der Waals surface area contributed by atoms with Gasteiger partial charge in [-0.2, -0.15) is 5.26 Å². The van der Waals surface area contributed by atoms with Gasteiger partial charge < -0.3 is 9.47 Å². The molecule has 15 heavy (non-hydrogen) atoms. The van der Waals surface area contributed by atoms with Crippen molar-refractivity contribution in [3.8, 4) is 6.07 Å². The Morgan fingerprint density at radius 2 is 2.07 bits per heavy atom. The Hall–Kier alpha value is -1.70. The third kappa shape index (κ3) is 1.25. The van der Waals surface area contributed by atoms with E-state index in [4.69, 9.17) is 14.7 Å². The zero-order valence-corrected chi connectivity index (χ0v) is 8.52. The summed E-state index contributed by atoms with van der Waals surface area (Å²) in [6, 6.07) is 7.45. The van der Waals surface area contributed by atoms with Crippen LogP contribution in [0.5, 0.6) is 0 Å². The Kier molecular flexibility index (Phi) is 2.27. The Morgan fingerprint density at radius 1 is 1.33 bits per heavy atom. The number of methoxy groups -OCH3 is 2. The van der Waals surface area contributed by atoms with E-state index in [9.17, 15) is 0 Å². The summed E-state index contributed by atoms with van der Waals surface area (Å²) in [4.78, 5) is 4.18. The molecule has 1 aliphatic rings. The summed E-state index contributed by atoms with van der Waals surface area (Å²) in [5, 5.41) is 9.01. The highest BCUT2D eigenvalue weighted by atomic mass is 16.7. The molecule has 0 unspecified atom stereocenters. The summed E-state index contributed by atoms with van der Waals surface area (Å²) in [7, 11) is 3.05. The second-order valence-corrected chi connectivity index (χ2v) is 3.15. The molecular formula is C11H10N2O2. The molecule has 0 saturated carbocycles. The first-order chi connectivity index (χ1) is 7.27. The van der Waals surface area contributed by atoms with Gasteiger partial charge in [-0.3, -0.25) is 4.99 Å². The van der Waals surface area contributed by atoms with Gasteiger partial charge in [-0.25, -0.2) is 0 Å². The first-order valence-corrected chi connectivity index (χ1v) is 4.46. The molecule has 0 spiro atoms. The number of benzene rings is 1. The SMILES string of the molecule is COC1(OC)C=Nc2cccc(C#N)c21. The highest BCUT2D eigenvalue weighted by Gasteiger charge is 2.39. The van der Waals surface area contributed by atoms with E-state index < -0.39 is 5.79 Å². The van der Waals surface area contributed by atoms with Crippen molar-refractivity contribution >= 4 is 11.9 Å². The lowest BCUT2D eigenvalue weighted by atomic mass is 10.0. The van der Waals surface area contributed by atoms with Crippen LogP contribution in [0.4, 0.5) is 5.69 Å². The number of fused-ring (bicyclic) bond motifs is 1. The molecule has 1 aliphatic heterocycles. The summed E-state index contributed by atoms with van der Waals surface area (Å²) in [5.74, 6) is -1.01. The van der Waals surface area contributed by atoms with E-state index in [0.29, 0.717) is 11.1 Å². The van der Waals surface area contributed by atoms with Gasteiger partial charge in [0.2, 0.25) is 5.79 Å². The van der Waals surface area contributed by atoms with E-state index in [1.165, 1.54) is 14.2 Å². The summed E-state index contributed by atoms with van der Waals surface area (Å²) in [6.07, 6.45) is 1.57. The molecule has 0 aliphatic carbocycles. The molecule has 0 atom stereocenters. The van der Waals surface area contributed by atoms with Gasteiger partial charge in [0.1, 0.15) is 0 Å². The minimum absolute atomic E-state index is 0.522. The average molecular weight is 202 g/mol. The number of hydrogen-bond acceptors (Lipinski definition) is 4. The van der Waals surface area contributed by atoms with Crippen molar-refractivity contribution in [2.75, 3.05) is 14.2 Å². The van der Waals surface area contributed by atoms with Crippen molar-refractivity contribution in [1.82, 2.24) is 0 Å². The van der Waals surface area contributed by atoms with Gasteiger partial charge in [-0.1, -0.05) is 6.07 Å².